The zero-order valence-electron chi connectivity index (χ0n) is 12.1. The van der Waals surface area contributed by atoms with Crippen molar-refractivity contribution in [1.29, 1.82) is 0 Å². The van der Waals surface area contributed by atoms with Crippen LogP contribution in [-0.2, 0) is 21.3 Å². The van der Waals surface area contributed by atoms with E-state index < -0.39 is 16.0 Å². The van der Waals surface area contributed by atoms with Crippen molar-refractivity contribution in [3.63, 3.8) is 0 Å². The largest absolute Gasteiger partial charge is 0.497 e. The molecule has 1 aromatic heterocycles. The third kappa shape index (κ3) is 3.66. The van der Waals surface area contributed by atoms with E-state index in [0.717, 1.165) is 5.56 Å². The summed E-state index contributed by atoms with van der Waals surface area (Å²) in [6.07, 6.45) is 1.24. The van der Waals surface area contributed by atoms with Crippen LogP contribution in [0.2, 0.25) is 0 Å². The third-order valence-corrected chi connectivity index (χ3v) is 4.35. The Hall–Kier alpha value is -2.32. The van der Waals surface area contributed by atoms with Crippen molar-refractivity contribution in [3.8, 4) is 5.75 Å². The van der Waals surface area contributed by atoms with E-state index in [1.807, 2.05) is 0 Å². The highest BCUT2D eigenvalue weighted by molar-refractivity contribution is 7.89. The molecule has 2 aromatic rings. The Bertz CT molecular complexity index is 767. The van der Waals surface area contributed by atoms with Gasteiger partial charge in [0, 0.05) is 12.7 Å². The van der Waals surface area contributed by atoms with E-state index >= 15 is 0 Å². The Morgan fingerprint density at radius 1 is 1.27 bits per heavy atom. The Morgan fingerprint density at radius 2 is 2.05 bits per heavy atom. The molecule has 8 heteroatoms. The number of H-pyrrole nitrogens is 1. The summed E-state index contributed by atoms with van der Waals surface area (Å²) in [5.41, 5.74) is 0.830. The first-order chi connectivity index (χ1) is 10.5. The van der Waals surface area contributed by atoms with Crippen molar-refractivity contribution in [2.45, 2.75) is 11.4 Å². The molecule has 0 unspecified atom stereocenters. The van der Waals surface area contributed by atoms with Crippen molar-refractivity contribution >= 4 is 16.0 Å². The van der Waals surface area contributed by atoms with Gasteiger partial charge < -0.3 is 14.5 Å². The van der Waals surface area contributed by atoms with Gasteiger partial charge >= 0.3 is 5.97 Å². The van der Waals surface area contributed by atoms with Crippen LogP contribution in [0.25, 0.3) is 0 Å². The van der Waals surface area contributed by atoms with Crippen LogP contribution in [0.5, 0.6) is 5.75 Å². The van der Waals surface area contributed by atoms with E-state index in [1.54, 1.807) is 24.3 Å². The number of sulfonamides is 1. The van der Waals surface area contributed by atoms with Crippen LogP contribution in [0.4, 0.5) is 0 Å². The summed E-state index contributed by atoms with van der Waals surface area (Å²) >= 11 is 0. The van der Waals surface area contributed by atoms with Gasteiger partial charge in [0.05, 0.1) is 14.2 Å². The highest BCUT2D eigenvalue weighted by Crippen LogP contribution is 2.15. The molecule has 1 aromatic carbocycles. The van der Waals surface area contributed by atoms with Gasteiger partial charge in [-0.1, -0.05) is 12.1 Å². The van der Waals surface area contributed by atoms with Crippen LogP contribution in [0.3, 0.4) is 0 Å². The number of rotatable bonds is 6. The van der Waals surface area contributed by atoms with E-state index in [1.165, 1.54) is 26.5 Å². The molecule has 0 amide bonds. The number of hydrogen-bond acceptors (Lipinski definition) is 5. The van der Waals surface area contributed by atoms with Gasteiger partial charge in [0.15, 0.2) is 0 Å². The van der Waals surface area contributed by atoms with Crippen molar-refractivity contribution in [2.75, 3.05) is 14.2 Å². The molecule has 118 valence electrons. The lowest BCUT2D eigenvalue weighted by atomic mass is 10.2. The van der Waals surface area contributed by atoms with Crippen LogP contribution in [0, 0.1) is 0 Å². The fourth-order valence-corrected chi connectivity index (χ4v) is 2.81. The Morgan fingerprint density at radius 3 is 2.73 bits per heavy atom. The maximum absolute atomic E-state index is 12.2. The molecule has 0 radical (unpaired) electrons. The maximum atomic E-state index is 12.2. The molecule has 7 nitrogen and oxygen atoms in total. The molecule has 0 spiro atoms. The van der Waals surface area contributed by atoms with Gasteiger partial charge in [-0.2, -0.15) is 0 Å². The number of aromatic nitrogens is 1. The Balaban J connectivity index is 2.10. The van der Waals surface area contributed by atoms with Gasteiger partial charge in [-0.05, 0) is 23.8 Å². The fraction of sp³-hybridized carbons (Fsp3) is 0.214. The topological polar surface area (TPSA) is 97.5 Å². The number of nitrogens with one attached hydrogen (secondary N) is 2. The maximum Gasteiger partial charge on any atom is 0.354 e. The van der Waals surface area contributed by atoms with Crippen LogP contribution in [0.15, 0.2) is 41.4 Å². The summed E-state index contributed by atoms with van der Waals surface area (Å²) < 4.78 is 36.4. The minimum Gasteiger partial charge on any atom is -0.497 e. The standard InChI is InChI=1S/C14H16N2O5S/c1-20-11-5-3-4-10(6-11)8-16-22(18,19)12-7-13(15-9-12)14(17)21-2/h3-7,9,15-16H,8H2,1-2H3. The predicted octanol–water partition coefficient (Wildman–Crippen LogP) is 1.29. The summed E-state index contributed by atoms with van der Waals surface area (Å²) in [7, 11) is -0.969. The second-order valence-corrected chi connectivity index (χ2v) is 6.18. The van der Waals surface area contributed by atoms with E-state index in [2.05, 4.69) is 14.4 Å². The van der Waals surface area contributed by atoms with Crippen LogP contribution in [0.1, 0.15) is 16.1 Å². The second-order valence-electron chi connectivity index (χ2n) is 4.42. The summed E-state index contributed by atoms with van der Waals surface area (Å²) in [6.45, 7) is 0.109. The molecule has 0 atom stereocenters. The van der Waals surface area contributed by atoms with Crippen molar-refractivity contribution in [3.05, 3.63) is 47.8 Å². The van der Waals surface area contributed by atoms with Gasteiger partial charge in [0.1, 0.15) is 16.3 Å². The normalized spacial score (nSPS) is 11.2. The Labute approximate surface area is 128 Å². The summed E-state index contributed by atoms with van der Waals surface area (Å²) in [4.78, 5) is 13.9. The van der Waals surface area contributed by atoms with Gasteiger partial charge in [-0.15, -0.1) is 0 Å². The number of aromatic amines is 1. The predicted molar refractivity (Wildman–Crippen MR) is 79.2 cm³/mol. The lowest BCUT2D eigenvalue weighted by molar-refractivity contribution is 0.0594. The van der Waals surface area contributed by atoms with Gasteiger partial charge in [0.25, 0.3) is 0 Å². The first kappa shape index (κ1) is 16.1. The average Bonchev–Trinajstić information content (AvgIpc) is 3.03. The minimum absolute atomic E-state index is 0.0317. The monoisotopic (exact) mass is 324 g/mol. The molecule has 0 saturated heterocycles. The molecule has 1 heterocycles. The number of carbonyl (C=O) groups is 1. The molecule has 2 rings (SSSR count). The van der Waals surface area contributed by atoms with E-state index in [-0.39, 0.29) is 17.1 Å². The van der Waals surface area contributed by atoms with E-state index in [9.17, 15) is 13.2 Å². The van der Waals surface area contributed by atoms with E-state index in [4.69, 9.17) is 4.74 Å². The lowest BCUT2D eigenvalue weighted by Crippen LogP contribution is -2.22. The number of benzene rings is 1. The van der Waals surface area contributed by atoms with Crippen molar-refractivity contribution in [1.82, 2.24) is 9.71 Å². The highest BCUT2D eigenvalue weighted by atomic mass is 32.2. The molecule has 22 heavy (non-hydrogen) atoms. The lowest BCUT2D eigenvalue weighted by Gasteiger charge is -2.06. The Kier molecular flexibility index (Phi) is 4.84. The molecule has 0 fully saturated rings. The summed E-state index contributed by atoms with van der Waals surface area (Å²) in [5.74, 6) is 0.0144. The smallest absolute Gasteiger partial charge is 0.354 e. The third-order valence-electron chi connectivity index (χ3n) is 2.97. The number of hydrogen-bond donors (Lipinski definition) is 2. The molecule has 0 aliphatic carbocycles. The molecule has 0 aliphatic heterocycles. The van der Waals surface area contributed by atoms with Crippen LogP contribution >= 0.6 is 0 Å². The second kappa shape index (κ2) is 6.63. The van der Waals surface area contributed by atoms with Gasteiger partial charge in [-0.3, -0.25) is 0 Å². The van der Waals surface area contributed by atoms with Gasteiger partial charge in [-0.25, -0.2) is 17.9 Å². The SMILES string of the molecule is COC(=O)c1cc(S(=O)(=O)NCc2cccc(OC)c2)c[nH]1. The minimum atomic E-state index is -3.73. The molecular weight excluding hydrogens is 308 g/mol. The molecule has 0 aliphatic rings. The number of carbonyl (C=O) groups excluding carboxylic acids is 1. The average molecular weight is 324 g/mol. The number of esters is 1. The van der Waals surface area contributed by atoms with Crippen LogP contribution in [-0.4, -0.2) is 33.6 Å². The van der Waals surface area contributed by atoms with Crippen molar-refractivity contribution < 1.29 is 22.7 Å². The van der Waals surface area contributed by atoms with E-state index in [0.29, 0.717) is 5.75 Å². The summed E-state index contributed by atoms with van der Waals surface area (Å²) in [6, 6.07) is 8.28. The molecule has 0 bridgehead atoms. The molecule has 0 saturated carbocycles. The zero-order chi connectivity index (χ0) is 16.2. The summed E-state index contributed by atoms with van der Waals surface area (Å²) in [5, 5.41) is 0. The molecular formula is C14H16N2O5S. The van der Waals surface area contributed by atoms with Gasteiger partial charge in [0.2, 0.25) is 10.0 Å². The quantitative estimate of drug-likeness (QED) is 0.780. The van der Waals surface area contributed by atoms with Crippen molar-refractivity contribution in [2.24, 2.45) is 0 Å². The number of methoxy groups -OCH3 is 2. The zero-order valence-corrected chi connectivity index (χ0v) is 12.9. The first-order valence-electron chi connectivity index (χ1n) is 6.35. The van der Waals surface area contributed by atoms with Crippen LogP contribution < -0.4 is 9.46 Å². The molecule has 2 N–H and O–H groups in total. The fourth-order valence-electron chi connectivity index (χ4n) is 1.80. The highest BCUT2D eigenvalue weighted by Gasteiger charge is 2.18. The first-order valence-corrected chi connectivity index (χ1v) is 7.84. The number of ether oxygens (including phenoxy) is 2.